The summed E-state index contributed by atoms with van der Waals surface area (Å²) < 4.78 is 10.6. The average molecular weight is 369 g/mol. The van der Waals surface area contributed by atoms with E-state index in [0.717, 1.165) is 38.4 Å². The molecule has 1 amide bonds. The fraction of sp³-hybridized carbons (Fsp3) is 0.421. The lowest BCUT2D eigenvalue weighted by molar-refractivity contribution is 0.102. The summed E-state index contributed by atoms with van der Waals surface area (Å²) >= 11 is 0. The number of likely N-dealkylation sites (N-methyl/N-ethyl adjacent to an activating group) is 1. The molecular weight excluding hydrogens is 346 g/mol. The Morgan fingerprint density at radius 1 is 1.11 bits per heavy atom. The smallest absolute Gasteiger partial charge is 0.274 e. The number of hydrogen-bond acceptors (Lipinski definition) is 7. The van der Waals surface area contributed by atoms with Gasteiger partial charge in [-0.3, -0.25) is 4.79 Å². The fourth-order valence-corrected chi connectivity index (χ4v) is 3.24. The number of aromatic nitrogens is 2. The fourth-order valence-electron chi connectivity index (χ4n) is 3.24. The first-order valence-corrected chi connectivity index (χ1v) is 9.16. The molecule has 0 saturated carbocycles. The van der Waals surface area contributed by atoms with Crippen molar-refractivity contribution >= 4 is 17.5 Å². The normalized spacial score (nSPS) is 16.4. The summed E-state index contributed by atoms with van der Waals surface area (Å²) in [5.74, 6) is 1.65. The second-order valence-corrected chi connectivity index (χ2v) is 6.64. The molecule has 0 atom stereocenters. The minimum atomic E-state index is -0.271. The van der Waals surface area contributed by atoms with E-state index in [1.54, 1.807) is 24.3 Å². The number of ether oxygens (including phenoxy) is 2. The number of piperazine rings is 1. The minimum absolute atomic E-state index is 0.201. The third-order valence-corrected chi connectivity index (χ3v) is 4.81. The molecule has 2 aromatic rings. The van der Waals surface area contributed by atoms with Crippen LogP contribution in [-0.2, 0) is 0 Å². The molecule has 1 aromatic carbocycles. The van der Waals surface area contributed by atoms with Crippen molar-refractivity contribution < 1.29 is 14.3 Å². The van der Waals surface area contributed by atoms with Crippen LogP contribution in [0.15, 0.2) is 24.3 Å². The maximum atomic E-state index is 12.7. The van der Waals surface area contributed by atoms with Crippen LogP contribution < -0.4 is 19.7 Å². The molecule has 2 aliphatic heterocycles. The van der Waals surface area contributed by atoms with E-state index < -0.39 is 0 Å². The summed E-state index contributed by atoms with van der Waals surface area (Å²) in [6, 6.07) is 7.01. The number of nitrogens with zero attached hydrogens (tertiary/aromatic N) is 4. The van der Waals surface area contributed by atoms with Gasteiger partial charge in [-0.1, -0.05) is 6.92 Å². The van der Waals surface area contributed by atoms with Crippen molar-refractivity contribution in [1.82, 2.24) is 14.9 Å². The monoisotopic (exact) mass is 369 g/mol. The van der Waals surface area contributed by atoms with Crippen molar-refractivity contribution in [3.8, 4) is 11.5 Å². The van der Waals surface area contributed by atoms with Crippen LogP contribution in [0.25, 0.3) is 0 Å². The molecule has 1 fully saturated rings. The van der Waals surface area contributed by atoms with Crippen molar-refractivity contribution in [3.63, 3.8) is 0 Å². The predicted octanol–water partition coefficient (Wildman–Crippen LogP) is 1.91. The molecule has 142 valence electrons. The number of fused-ring (bicyclic) bond motifs is 1. The minimum Gasteiger partial charge on any atom is -0.454 e. The van der Waals surface area contributed by atoms with Crippen LogP contribution in [-0.4, -0.2) is 60.3 Å². The zero-order valence-electron chi connectivity index (χ0n) is 15.6. The Morgan fingerprint density at radius 2 is 1.89 bits per heavy atom. The summed E-state index contributed by atoms with van der Waals surface area (Å²) in [7, 11) is 0. The number of rotatable bonds is 4. The Morgan fingerprint density at radius 3 is 2.67 bits per heavy atom. The van der Waals surface area contributed by atoms with E-state index in [1.165, 1.54) is 0 Å². The maximum Gasteiger partial charge on any atom is 0.274 e. The number of carbonyl (C=O) groups is 1. The van der Waals surface area contributed by atoms with E-state index in [-0.39, 0.29) is 12.7 Å². The average Bonchev–Trinajstić information content (AvgIpc) is 3.15. The molecule has 0 unspecified atom stereocenters. The lowest BCUT2D eigenvalue weighted by atomic mass is 10.2. The largest absolute Gasteiger partial charge is 0.454 e. The molecule has 27 heavy (non-hydrogen) atoms. The Hall–Kier alpha value is -2.87. The molecule has 3 heterocycles. The molecule has 2 aliphatic rings. The van der Waals surface area contributed by atoms with E-state index in [1.807, 2.05) is 6.92 Å². The highest BCUT2D eigenvalue weighted by atomic mass is 16.7. The van der Waals surface area contributed by atoms with Gasteiger partial charge in [0.05, 0.1) is 0 Å². The third kappa shape index (κ3) is 3.80. The molecule has 0 radical (unpaired) electrons. The second kappa shape index (κ2) is 7.40. The van der Waals surface area contributed by atoms with Gasteiger partial charge in [0.15, 0.2) is 11.5 Å². The quantitative estimate of drug-likeness (QED) is 0.882. The van der Waals surface area contributed by atoms with Gasteiger partial charge in [0.25, 0.3) is 5.91 Å². The summed E-state index contributed by atoms with van der Waals surface area (Å²) in [5, 5.41) is 2.87. The highest BCUT2D eigenvalue weighted by Gasteiger charge is 2.20. The van der Waals surface area contributed by atoms with Gasteiger partial charge in [0, 0.05) is 43.6 Å². The van der Waals surface area contributed by atoms with Crippen molar-refractivity contribution in [3.05, 3.63) is 35.7 Å². The SMILES string of the molecule is CCN1CCN(c2nc(C)cc(C(=O)Nc3ccc4c(c3)OCO4)n2)CC1. The van der Waals surface area contributed by atoms with Crippen LogP contribution in [0.1, 0.15) is 23.1 Å². The Labute approximate surface area is 158 Å². The zero-order chi connectivity index (χ0) is 18.8. The molecule has 4 rings (SSSR count). The Balaban J connectivity index is 1.50. The molecule has 0 bridgehead atoms. The Bertz CT molecular complexity index is 849. The van der Waals surface area contributed by atoms with Gasteiger partial charge in [0.1, 0.15) is 5.69 Å². The highest BCUT2D eigenvalue weighted by Crippen LogP contribution is 2.34. The first kappa shape index (κ1) is 17.5. The molecule has 0 aliphatic carbocycles. The van der Waals surface area contributed by atoms with Crippen molar-refractivity contribution in [1.29, 1.82) is 0 Å². The van der Waals surface area contributed by atoms with Gasteiger partial charge in [0.2, 0.25) is 12.7 Å². The molecular formula is C19H23N5O3. The van der Waals surface area contributed by atoms with Crippen molar-refractivity contribution in [2.45, 2.75) is 13.8 Å². The van der Waals surface area contributed by atoms with Gasteiger partial charge < -0.3 is 24.6 Å². The number of hydrogen-bond donors (Lipinski definition) is 1. The highest BCUT2D eigenvalue weighted by molar-refractivity contribution is 6.03. The molecule has 0 spiro atoms. The maximum absolute atomic E-state index is 12.7. The van der Waals surface area contributed by atoms with E-state index in [4.69, 9.17) is 9.47 Å². The predicted molar refractivity (Wildman–Crippen MR) is 102 cm³/mol. The topological polar surface area (TPSA) is 79.8 Å². The molecule has 8 nitrogen and oxygen atoms in total. The van der Waals surface area contributed by atoms with Gasteiger partial charge in [-0.2, -0.15) is 0 Å². The number of anilines is 2. The van der Waals surface area contributed by atoms with Crippen LogP contribution in [0, 0.1) is 6.92 Å². The van der Waals surface area contributed by atoms with E-state index in [0.29, 0.717) is 28.8 Å². The molecule has 1 N–H and O–H groups in total. The van der Waals surface area contributed by atoms with Crippen molar-refractivity contribution in [2.24, 2.45) is 0 Å². The number of benzene rings is 1. The zero-order valence-corrected chi connectivity index (χ0v) is 15.6. The first-order chi connectivity index (χ1) is 13.1. The number of amides is 1. The summed E-state index contributed by atoms with van der Waals surface area (Å²) in [6.07, 6.45) is 0. The molecule has 1 saturated heterocycles. The number of carbonyl (C=O) groups excluding carboxylic acids is 1. The second-order valence-electron chi connectivity index (χ2n) is 6.64. The third-order valence-electron chi connectivity index (χ3n) is 4.81. The lowest BCUT2D eigenvalue weighted by Gasteiger charge is -2.34. The number of nitrogens with one attached hydrogen (secondary N) is 1. The van der Waals surface area contributed by atoms with Gasteiger partial charge in [-0.05, 0) is 31.7 Å². The van der Waals surface area contributed by atoms with Crippen LogP contribution >= 0.6 is 0 Å². The summed E-state index contributed by atoms with van der Waals surface area (Å²) in [4.78, 5) is 26.3. The van der Waals surface area contributed by atoms with E-state index >= 15 is 0 Å². The van der Waals surface area contributed by atoms with Gasteiger partial charge >= 0.3 is 0 Å². The summed E-state index contributed by atoms with van der Waals surface area (Å²) in [6.45, 7) is 8.97. The Kier molecular flexibility index (Phi) is 4.81. The van der Waals surface area contributed by atoms with Crippen molar-refractivity contribution in [2.75, 3.05) is 49.7 Å². The van der Waals surface area contributed by atoms with E-state index in [9.17, 15) is 4.79 Å². The first-order valence-electron chi connectivity index (χ1n) is 9.16. The summed E-state index contributed by atoms with van der Waals surface area (Å²) in [5.41, 5.74) is 1.76. The van der Waals surface area contributed by atoms with Gasteiger partial charge in [-0.25, -0.2) is 9.97 Å². The van der Waals surface area contributed by atoms with Crippen LogP contribution in [0.3, 0.4) is 0 Å². The van der Waals surface area contributed by atoms with Crippen LogP contribution in [0.5, 0.6) is 11.5 Å². The molecule has 8 heteroatoms. The van der Waals surface area contributed by atoms with Crippen LogP contribution in [0.4, 0.5) is 11.6 Å². The lowest BCUT2D eigenvalue weighted by Crippen LogP contribution is -2.47. The standard InChI is InChI=1S/C19H23N5O3/c1-3-23-6-8-24(9-7-23)19-20-13(2)10-15(22-19)18(25)21-14-4-5-16-17(11-14)27-12-26-16/h4-5,10-11H,3,6-9,12H2,1-2H3,(H,21,25). The number of aryl methyl sites for hydroxylation is 1. The van der Waals surface area contributed by atoms with Gasteiger partial charge in [-0.15, -0.1) is 0 Å². The van der Waals surface area contributed by atoms with E-state index in [2.05, 4.69) is 32.0 Å². The van der Waals surface area contributed by atoms with Crippen LogP contribution in [0.2, 0.25) is 0 Å². The molecule has 1 aromatic heterocycles.